The van der Waals surface area contributed by atoms with E-state index in [-0.39, 0.29) is 17.5 Å². The molecule has 2 saturated carbocycles. The molecule has 138 valence electrons. The topological polar surface area (TPSA) is 50.1 Å². The summed E-state index contributed by atoms with van der Waals surface area (Å²) in [4.78, 5) is 11.3. The van der Waals surface area contributed by atoms with E-state index in [0.717, 1.165) is 38.0 Å². The average Bonchev–Trinajstić information content (AvgIpc) is 2.53. The number of rotatable bonds is 3. The summed E-state index contributed by atoms with van der Waals surface area (Å²) in [5.74, 6) is 1.92. The molecule has 3 rings (SSSR count). The SMILES string of the molecule is CC(=O)O[C@H]1CC[C@@]2(C)C(=CC[C@H]3[C@H](CCC#N)C(C)(C)CC[C@@H]32)C1. The quantitative estimate of drug-likeness (QED) is 0.508. The minimum atomic E-state index is -0.154. The molecular weight excluding hydrogens is 310 g/mol. The van der Waals surface area contributed by atoms with Gasteiger partial charge < -0.3 is 4.74 Å². The van der Waals surface area contributed by atoms with Gasteiger partial charge in [-0.3, -0.25) is 4.79 Å². The number of carbonyl (C=O) groups excluding carboxylic acids is 1. The highest BCUT2D eigenvalue weighted by molar-refractivity contribution is 5.66. The number of esters is 1. The van der Waals surface area contributed by atoms with Gasteiger partial charge in [0.2, 0.25) is 0 Å². The number of nitriles is 1. The van der Waals surface area contributed by atoms with Gasteiger partial charge in [0.15, 0.2) is 0 Å². The van der Waals surface area contributed by atoms with Crippen LogP contribution in [-0.4, -0.2) is 12.1 Å². The summed E-state index contributed by atoms with van der Waals surface area (Å²) in [5, 5.41) is 9.10. The lowest BCUT2D eigenvalue weighted by molar-refractivity contribution is -0.148. The van der Waals surface area contributed by atoms with Crippen LogP contribution in [0.25, 0.3) is 0 Å². The number of hydrogen-bond donors (Lipinski definition) is 0. The molecule has 3 aliphatic carbocycles. The molecule has 0 aromatic rings. The van der Waals surface area contributed by atoms with Crippen molar-refractivity contribution in [3.63, 3.8) is 0 Å². The number of carbonyl (C=O) groups is 1. The summed E-state index contributed by atoms with van der Waals surface area (Å²) in [6.45, 7) is 8.79. The van der Waals surface area contributed by atoms with Crippen LogP contribution in [0.4, 0.5) is 0 Å². The van der Waals surface area contributed by atoms with Crippen molar-refractivity contribution in [1.29, 1.82) is 5.26 Å². The first-order valence-corrected chi connectivity index (χ1v) is 10.0. The molecule has 2 fully saturated rings. The third-order valence-corrected chi connectivity index (χ3v) is 7.66. The van der Waals surface area contributed by atoms with Gasteiger partial charge >= 0.3 is 5.97 Å². The van der Waals surface area contributed by atoms with E-state index in [2.05, 4.69) is 32.9 Å². The van der Waals surface area contributed by atoms with Crippen molar-refractivity contribution in [3.8, 4) is 6.07 Å². The van der Waals surface area contributed by atoms with Crippen molar-refractivity contribution in [2.75, 3.05) is 0 Å². The molecule has 0 bridgehead atoms. The minimum absolute atomic E-state index is 0.0720. The molecule has 0 radical (unpaired) electrons. The summed E-state index contributed by atoms with van der Waals surface area (Å²) in [6.07, 6.45) is 11.0. The third kappa shape index (κ3) is 3.37. The monoisotopic (exact) mass is 343 g/mol. The molecule has 0 saturated heterocycles. The van der Waals surface area contributed by atoms with Crippen molar-refractivity contribution in [2.24, 2.45) is 28.6 Å². The van der Waals surface area contributed by atoms with Gasteiger partial charge in [-0.2, -0.15) is 5.26 Å². The first-order chi connectivity index (χ1) is 11.8. The Labute approximate surface area is 152 Å². The Balaban J connectivity index is 1.83. The van der Waals surface area contributed by atoms with E-state index in [1.165, 1.54) is 25.3 Å². The Hall–Kier alpha value is -1.30. The standard InChI is InChI=1S/C22H33NO2/c1-15(24)25-17-9-12-22(4)16(14-17)7-8-18-19(6-5-13-23)21(2,3)11-10-20(18)22/h7,17-20H,5-6,8-12,14H2,1-4H3/t17-,18-,19-,20-,22-/m0/s1. The minimum Gasteiger partial charge on any atom is -0.462 e. The summed E-state index contributed by atoms with van der Waals surface area (Å²) < 4.78 is 5.51. The molecule has 5 atom stereocenters. The van der Waals surface area contributed by atoms with Gasteiger partial charge in [0.25, 0.3) is 0 Å². The van der Waals surface area contributed by atoms with E-state index in [4.69, 9.17) is 10.00 Å². The van der Waals surface area contributed by atoms with Crippen LogP contribution in [0.15, 0.2) is 11.6 Å². The molecule has 0 N–H and O–H groups in total. The fourth-order valence-electron chi connectivity index (χ4n) is 6.29. The van der Waals surface area contributed by atoms with E-state index in [9.17, 15) is 4.79 Å². The molecule has 0 aliphatic heterocycles. The lowest BCUT2D eigenvalue weighted by Crippen LogP contribution is -2.50. The lowest BCUT2D eigenvalue weighted by Gasteiger charge is -2.58. The number of fused-ring (bicyclic) bond motifs is 3. The Morgan fingerprint density at radius 2 is 2.08 bits per heavy atom. The van der Waals surface area contributed by atoms with E-state index in [1.807, 2.05) is 0 Å². The number of nitrogens with zero attached hydrogens (tertiary/aromatic N) is 1. The molecular formula is C22H33NO2. The molecule has 3 heteroatoms. The fraction of sp³-hybridized carbons (Fsp3) is 0.818. The summed E-state index contributed by atoms with van der Waals surface area (Å²) in [5.41, 5.74) is 2.14. The normalized spacial score (nSPS) is 39.4. The van der Waals surface area contributed by atoms with Crippen LogP contribution in [0.5, 0.6) is 0 Å². The maximum absolute atomic E-state index is 11.3. The maximum Gasteiger partial charge on any atom is 0.302 e. The Morgan fingerprint density at radius 3 is 2.76 bits per heavy atom. The van der Waals surface area contributed by atoms with E-state index < -0.39 is 0 Å². The van der Waals surface area contributed by atoms with Gasteiger partial charge in [-0.25, -0.2) is 0 Å². The van der Waals surface area contributed by atoms with Crippen molar-refractivity contribution >= 4 is 5.97 Å². The zero-order valence-electron chi connectivity index (χ0n) is 16.3. The lowest BCUT2D eigenvalue weighted by atomic mass is 9.47. The first kappa shape index (κ1) is 18.5. The molecule has 25 heavy (non-hydrogen) atoms. The zero-order chi connectivity index (χ0) is 18.2. The maximum atomic E-state index is 11.3. The van der Waals surface area contributed by atoms with Crippen molar-refractivity contribution in [3.05, 3.63) is 11.6 Å². The van der Waals surface area contributed by atoms with Gasteiger partial charge in [-0.1, -0.05) is 32.4 Å². The van der Waals surface area contributed by atoms with Crippen molar-refractivity contribution in [2.45, 2.75) is 85.2 Å². The van der Waals surface area contributed by atoms with Crippen LogP contribution in [0.3, 0.4) is 0 Å². The van der Waals surface area contributed by atoms with Gasteiger partial charge in [-0.15, -0.1) is 0 Å². The molecule has 0 aromatic carbocycles. The molecule has 0 amide bonds. The van der Waals surface area contributed by atoms with Crippen LogP contribution in [0.2, 0.25) is 0 Å². The second-order valence-electron chi connectivity index (χ2n) is 9.46. The fourth-order valence-corrected chi connectivity index (χ4v) is 6.29. The summed E-state index contributed by atoms with van der Waals surface area (Å²) in [6, 6.07) is 2.37. The first-order valence-electron chi connectivity index (χ1n) is 10.0. The number of ether oxygens (including phenoxy) is 1. The van der Waals surface area contributed by atoms with Crippen LogP contribution >= 0.6 is 0 Å². The molecule has 3 aliphatic rings. The number of allylic oxidation sites excluding steroid dienone is 1. The summed E-state index contributed by atoms with van der Waals surface area (Å²) in [7, 11) is 0. The smallest absolute Gasteiger partial charge is 0.302 e. The van der Waals surface area contributed by atoms with Crippen LogP contribution in [0, 0.1) is 39.9 Å². The number of hydrogen-bond acceptors (Lipinski definition) is 3. The van der Waals surface area contributed by atoms with Crippen molar-refractivity contribution in [1.82, 2.24) is 0 Å². The van der Waals surface area contributed by atoms with E-state index in [0.29, 0.717) is 23.7 Å². The molecule has 0 aromatic heterocycles. The second kappa shape index (κ2) is 6.78. The van der Waals surface area contributed by atoms with Crippen LogP contribution in [0.1, 0.15) is 79.1 Å². The predicted octanol–water partition coefficient (Wildman–Crippen LogP) is 5.41. The Kier molecular flexibility index (Phi) is 5.02. The van der Waals surface area contributed by atoms with E-state index in [1.54, 1.807) is 0 Å². The average molecular weight is 344 g/mol. The van der Waals surface area contributed by atoms with Crippen molar-refractivity contribution < 1.29 is 9.53 Å². The predicted molar refractivity (Wildman–Crippen MR) is 98.5 cm³/mol. The Morgan fingerprint density at radius 1 is 1.32 bits per heavy atom. The van der Waals surface area contributed by atoms with Crippen LogP contribution in [-0.2, 0) is 9.53 Å². The molecule has 0 spiro atoms. The van der Waals surface area contributed by atoms with Gasteiger partial charge in [0.1, 0.15) is 6.10 Å². The zero-order valence-corrected chi connectivity index (χ0v) is 16.3. The van der Waals surface area contributed by atoms with Crippen LogP contribution < -0.4 is 0 Å². The van der Waals surface area contributed by atoms with Gasteiger partial charge in [0, 0.05) is 19.8 Å². The molecule has 3 nitrogen and oxygen atoms in total. The molecule has 0 heterocycles. The largest absolute Gasteiger partial charge is 0.462 e. The molecule has 0 unspecified atom stereocenters. The highest BCUT2D eigenvalue weighted by atomic mass is 16.5. The van der Waals surface area contributed by atoms with Gasteiger partial charge in [0.05, 0.1) is 6.07 Å². The van der Waals surface area contributed by atoms with Gasteiger partial charge in [-0.05, 0) is 67.1 Å². The highest BCUT2D eigenvalue weighted by Gasteiger charge is 2.53. The second-order valence-corrected chi connectivity index (χ2v) is 9.46. The summed E-state index contributed by atoms with van der Waals surface area (Å²) >= 11 is 0. The Bertz CT molecular complexity index is 600. The third-order valence-electron chi connectivity index (χ3n) is 7.66. The highest BCUT2D eigenvalue weighted by Crippen LogP contribution is 2.61. The van der Waals surface area contributed by atoms with E-state index >= 15 is 0 Å².